The van der Waals surface area contributed by atoms with Crippen LogP contribution in [-0.4, -0.2) is 0 Å². The number of rotatable bonds is 1. The molecule has 0 saturated heterocycles. The lowest BCUT2D eigenvalue weighted by Gasteiger charge is -1.89. The van der Waals surface area contributed by atoms with Gasteiger partial charge in [0.05, 0.1) is 6.07 Å². The lowest BCUT2D eigenvalue weighted by molar-refractivity contribution is -0.483. The van der Waals surface area contributed by atoms with Crippen molar-refractivity contribution in [2.45, 2.75) is 0 Å². The Bertz CT molecular complexity index is 862. The molecule has 0 N–H and O–H groups in total. The van der Waals surface area contributed by atoms with Crippen molar-refractivity contribution in [2.75, 3.05) is 0 Å². The maximum absolute atomic E-state index is 5.93. The summed E-state index contributed by atoms with van der Waals surface area (Å²) in [6.07, 6.45) is 2.05. The van der Waals surface area contributed by atoms with Crippen LogP contribution in [0.1, 0.15) is 0 Å². The number of hydrogen-bond acceptors (Lipinski definition) is 1. The van der Waals surface area contributed by atoms with Gasteiger partial charge in [0.1, 0.15) is 0 Å². The summed E-state index contributed by atoms with van der Waals surface area (Å²) in [6.45, 7) is 0. The Labute approximate surface area is 110 Å². The third-order valence-electron chi connectivity index (χ3n) is 3.36. The first-order valence-electron chi connectivity index (χ1n) is 6.30. The Morgan fingerprint density at radius 3 is 2.42 bits per heavy atom. The maximum atomic E-state index is 5.93. The van der Waals surface area contributed by atoms with Crippen LogP contribution in [0, 0.1) is 0 Å². The number of benzene rings is 2. The van der Waals surface area contributed by atoms with Crippen LogP contribution in [0.3, 0.4) is 0 Å². The molecule has 0 fully saturated rings. The minimum absolute atomic E-state index is 0.859. The smallest absolute Gasteiger partial charge is 0.379 e. The Balaban J connectivity index is 2.04. The lowest BCUT2D eigenvalue weighted by Crippen LogP contribution is -2.18. The fourth-order valence-electron chi connectivity index (χ4n) is 2.42. The van der Waals surface area contributed by atoms with Gasteiger partial charge in [0, 0.05) is 17.0 Å². The third-order valence-corrected chi connectivity index (χ3v) is 3.36. The van der Waals surface area contributed by atoms with Crippen LogP contribution < -0.4 is 4.40 Å². The van der Waals surface area contributed by atoms with Gasteiger partial charge in [0.15, 0.2) is 0 Å². The highest BCUT2D eigenvalue weighted by Crippen LogP contribution is 2.21. The second-order valence-electron chi connectivity index (χ2n) is 4.56. The van der Waals surface area contributed by atoms with Crippen LogP contribution >= 0.6 is 0 Å². The monoisotopic (exact) mass is 246 g/mol. The van der Waals surface area contributed by atoms with Crippen molar-refractivity contribution in [3.8, 4) is 11.3 Å². The summed E-state index contributed by atoms with van der Waals surface area (Å²) < 4.78 is 8.02. The number of nitrogens with zero attached hydrogens (tertiary/aromatic N) is 1. The molecule has 0 aliphatic rings. The first-order valence-corrected chi connectivity index (χ1v) is 6.30. The number of aromatic nitrogens is 1. The standard InChI is InChI=1S/C17H12NO/c1-2-7-14(8-3-1)16-12-18-15-9-5-4-6-13(15)10-11-17(18)19-16/h1-12H/q+1. The first kappa shape index (κ1) is 10.3. The molecule has 2 aromatic carbocycles. The number of para-hydroxylation sites is 1. The zero-order valence-corrected chi connectivity index (χ0v) is 10.3. The van der Waals surface area contributed by atoms with Crippen molar-refractivity contribution in [1.82, 2.24) is 0 Å². The van der Waals surface area contributed by atoms with Gasteiger partial charge in [-0.1, -0.05) is 42.5 Å². The highest BCUT2D eigenvalue weighted by atomic mass is 16.3. The molecule has 0 spiro atoms. The number of fused-ring (bicyclic) bond motifs is 3. The van der Waals surface area contributed by atoms with Gasteiger partial charge in [-0.05, 0) is 12.1 Å². The van der Waals surface area contributed by atoms with Crippen LogP contribution in [0.25, 0.3) is 27.9 Å². The fraction of sp³-hybridized carbons (Fsp3) is 0. The van der Waals surface area contributed by atoms with Crippen molar-refractivity contribution in [1.29, 1.82) is 0 Å². The van der Waals surface area contributed by atoms with E-state index in [2.05, 4.69) is 34.7 Å². The second kappa shape index (κ2) is 3.95. The minimum atomic E-state index is 0.859. The Morgan fingerprint density at radius 1 is 0.737 bits per heavy atom. The lowest BCUT2D eigenvalue weighted by atomic mass is 10.2. The second-order valence-corrected chi connectivity index (χ2v) is 4.56. The van der Waals surface area contributed by atoms with E-state index in [0.29, 0.717) is 0 Å². The SMILES string of the molecule is c1ccc(-c2c[n+]3c(ccc4ccccc43)o2)cc1. The van der Waals surface area contributed by atoms with E-state index in [4.69, 9.17) is 4.42 Å². The minimum Gasteiger partial charge on any atom is -0.398 e. The van der Waals surface area contributed by atoms with Crippen LogP contribution in [0.15, 0.2) is 77.3 Å². The molecule has 0 radical (unpaired) electrons. The summed E-state index contributed by atoms with van der Waals surface area (Å²) in [4.78, 5) is 0. The van der Waals surface area contributed by atoms with Crippen molar-refractivity contribution >= 4 is 16.6 Å². The quantitative estimate of drug-likeness (QED) is 0.466. The maximum Gasteiger partial charge on any atom is 0.379 e. The highest BCUT2D eigenvalue weighted by molar-refractivity contribution is 5.76. The molecule has 0 unspecified atom stereocenters. The van der Waals surface area contributed by atoms with E-state index in [9.17, 15) is 0 Å². The molecule has 0 aliphatic heterocycles. The summed E-state index contributed by atoms with van der Waals surface area (Å²) in [7, 11) is 0. The van der Waals surface area contributed by atoms with E-state index in [1.54, 1.807) is 0 Å². The largest absolute Gasteiger partial charge is 0.398 e. The predicted octanol–water partition coefficient (Wildman–Crippen LogP) is 3.84. The Kier molecular flexibility index (Phi) is 2.15. The molecule has 90 valence electrons. The zero-order valence-electron chi connectivity index (χ0n) is 10.3. The van der Waals surface area contributed by atoms with Gasteiger partial charge in [-0.15, -0.1) is 4.40 Å². The molecule has 0 saturated carbocycles. The summed E-state index contributed by atoms with van der Waals surface area (Å²) >= 11 is 0. The van der Waals surface area contributed by atoms with Gasteiger partial charge in [0.2, 0.25) is 17.5 Å². The van der Waals surface area contributed by atoms with E-state index in [0.717, 1.165) is 22.6 Å². The molecule has 2 aromatic heterocycles. The molecule has 4 rings (SSSR count). The molecular formula is C17H12NO+. The average Bonchev–Trinajstić information content (AvgIpc) is 2.93. The number of oxazole rings is 1. The summed E-state index contributed by atoms with van der Waals surface area (Å²) in [5, 5.41) is 1.21. The Morgan fingerprint density at radius 2 is 1.53 bits per heavy atom. The van der Waals surface area contributed by atoms with E-state index in [-0.39, 0.29) is 0 Å². The van der Waals surface area contributed by atoms with Crippen molar-refractivity contribution < 1.29 is 8.82 Å². The molecule has 0 aliphatic carbocycles. The van der Waals surface area contributed by atoms with Crippen molar-refractivity contribution in [3.05, 3.63) is 72.9 Å². The van der Waals surface area contributed by atoms with E-state index in [1.165, 1.54) is 5.39 Å². The molecule has 0 atom stereocenters. The highest BCUT2D eigenvalue weighted by Gasteiger charge is 2.16. The fourth-order valence-corrected chi connectivity index (χ4v) is 2.42. The molecule has 2 nitrogen and oxygen atoms in total. The molecule has 4 aromatic rings. The molecule has 2 heterocycles. The third kappa shape index (κ3) is 1.61. The topological polar surface area (TPSA) is 17.2 Å². The molecule has 2 heteroatoms. The average molecular weight is 246 g/mol. The van der Waals surface area contributed by atoms with Gasteiger partial charge < -0.3 is 4.42 Å². The van der Waals surface area contributed by atoms with Gasteiger partial charge >= 0.3 is 5.71 Å². The number of hydrogen-bond donors (Lipinski definition) is 0. The van der Waals surface area contributed by atoms with Gasteiger partial charge in [-0.2, -0.15) is 0 Å². The van der Waals surface area contributed by atoms with Gasteiger partial charge in [0.25, 0.3) is 0 Å². The van der Waals surface area contributed by atoms with Crippen LogP contribution in [0.4, 0.5) is 0 Å². The molecule has 0 bridgehead atoms. The molecule has 19 heavy (non-hydrogen) atoms. The first-order chi connectivity index (χ1) is 9.42. The van der Waals surface area contributed by atoms with Gasteiger partial charge in [-0.3, -0.25) is 0 Å². The Hall–Kier alpha value is -2.61. The van der Waals surface area contributed by atoms with E-state index in [1.807, 2.05) is 42.6 Å². The van der Waals surface area contributed by atoms with E-state index >= 15 is 0 Å². The summed E-state index contributed by atoms with van der Waals surface area (Å²) in [6, 6.07) is 22.6. The summed E-state index contributed by atoms with van der Waals surface area (Å²) in [5.41, 5.74) is 3.11. The number of pyridine rings is 1. The van der Waals surface area contributed by atoms with E-state index < -0.39 is 0 Å². The molecular weight excluding hydrogens is 234 g/mol. The predicted molar refractivity (Wildman–Crippen MR) is 74.8 cm³/mol. The van der Waals surface area contributed by atoms with Crippen molar-refractivity contribution in [2.24, 2.45) is 0 Å². The zero-order chi connectivity index (χ0) is 12.7. The van der Waals surface area contributed by atoms with Crippen molar-refractivity contribution in [3.63, 3.8) is 0 Å². The van der Waals surface area contributed by atoms with Gasteiger partial charge in [-0.25, -0.2) is 0 Å². The summed E-state index contributed by atoms with van der Waals surface area (Å²) in [5.74, 6) is 0.886. The molecule has 0 amide bonds. The van der Waals surface area contributed by atoms with Crippen LogP contribution in [0.2, 0.25) is 0 Å². The van der Waals surface area contributed by atoms with Crippen LogP contribution in [0.5, 0.6) is 0 Å². The van der Waals surface area contributed by atoms with Crippen LogP contribution in [-0.2, 0) is 0 Å². The normalized spacial score (nSPS) is 11.2.